The fraction of sp³-hybridized carbons (Fsp3) is 0.611. The SMILES string of the molecule is CNCC(C)C(=O)NCC1(c2cccc(C(F)(F)F)c2)CCCC1.Cl. The van der Waals surface area contributed by atoms with Gasteiger partial charge in [-0.3, -0.25) is 4.79 Å². The van der Waals surface area contributed by atoms with Crippen LogP contribution in [0.4, 0.5) is 13.2 Å². The smallest absolute Gasteiger partial charge is 0.355 e. The summed E-state index contributed by atoms with van der Waals surface area (Å²) in [6, 6.07) is 5.56. The van der Waals surface area contributed by atoms with Crippen molar-refractivity contribution in [3.63, 3.8) is 0 Å². The Morgan fingerprint density at radius 2 is 1.92 bits per heavy atom. The molecule has 0 heterocycles. The summed E-state index contributed by atoms with van der Waals surface area (Å²) >= 11 is 0. The number of amides is 1. The number of alkyl halides is 3. The summed E-state index contributed by atoms with van der Waals surface area (Å²) in [5.74, 6) is -0.238. The maximum Gasteiger partial charge on any atom is 0.416 e. The Hall–Kier alpha value is -1.27. The standard InChI is InChI=1S/C18H25F3N2O.ClH/c1-13(11-22-2)16(24)23-12-17(8-3-4-9-17)14-6-5-7-15(10-14)18(19,20)21;/h5-7,10,13,22H,3-4,8-9,11-12H2,1-2H3,(H,23,24);1H. The minimum Gasteiger partial charge on any atom is -0.355 e. The van der Waals surface area contributed by atoms with Crippen molar-refractivity contribution >= 4 is 18.3 Å². The molecule has 0 saturated heterocycles. The molecule has 25 heavy (non-hydrogen) atoms. The van der Waals surface area contributed by atoms with Gasteiger partial charge in [0.2, 0.25) is 5.91 Å². The van der Waals surface area contributed by atoms with Crippen LogP contribution in [0.15, 0.2) is 24.3 Å². The van der Waals surface area contributed by atoms with Crippen LogP contribution in [0.25, 0.3) is 0 Å². The van der Waals surface area contributed by atoms with Gasteiger partial charge >= 0.3 is 6.18 Å². The lowest BCUT2D eigenvalue weighted by atomic mass is 9.78. The summed E-state index contributed by atoms with van der Waals surface area (Å²) in [6.07, 6.45) is -0.805. The third kappa shape index (κ3) is 5.35. The van der Waals surface area contributed by atoms with Gasteiger partial charge in [0.1, 0.15) is 0 Å². The Kier molecular flexibility index (Phi) is 7.75. The maximum absolute atomic E-state index is 13.0. The number of benzene rings is 1. The zero-order valence-corrected chi connectivity index (χ0v) is 15.4. The summed E-state index contributed by atoms with van der Waals surface area (Å²) in [5.41, 5.74) is -0.339. The number of halogens is 4. The Morgan fingerprint density at radius 3 is 2.48 bits per heavy atom. The van der Waals surface area contributed by atoms with Gasteiger partial charge in [-0.2, -0.15) is 13.2 Å². The third-order valence-corrected chi connectivity index (χ3v) is 4.92. The number of carbonyl (C=O) groups is 1. The third-order valence-electron chi connectivity index (χ3n) is 4.92. The molecule has 1 aliphatic carbocycles. The molecule has 1 saturated carbocycles. The summed E-state index contributed by atoms with van der Waals surface area (Å²) < 4.78 is 39.0. The molecular weight excluding hydrogens is 353 g/mol. The van der Waals surface area contributed by atoms with Crippen LogP contribution in [0.1, 0.15) is 43.7 Å². The van der Waals surface area contributed by atoms with E-state index < -0.39 is 17.2 Å². The molecule has 0 aromatic heterocycles. The number of rotatable bonds is 6. The van der Waals surface area contributed by atoms with Crippen molar-refractivity contribution in [3.05, 3.63) is 35.4 Å². The highest BCUT2D eigenvalue weighted by atomic mass is 35.5. The van der Waals surface area contributed by atoms with Gasteiger partial charge in [0, 0.05) is 24.4 Å². The van der Waals surface area contributed by atoms with Crippen molar-refractivity contribution in [2.24, 2.45) is 5.92 Å². The molecule has 1 amide bonds. The molecule has 1 unspecified atom stereocenters. The van der Waals surface area contributed by atoms with Crippen LogP contribution >= 0.6 is 12.4 Å². The largest absolute Gasteiger partial charge is 0.416 e. The fourth-order valence-electron chi connectivity index (χ4n) is 3.47. The van der Waals surface area contributed by atoms with E-state index >= 15 is 0 Å². The molecule has 1 atom stereocenters. The molecule has 0 radical (unpaired) electrons. The van der Waals surface area contributed by atoms with Crippen LogP contribution in [0.3, 0.4) is 0 Å². The summed E-state index contributed by atoms with van der Waals surface area (Å²) in [4.78, 5) is 12.2. The molecule has 1 aromatic carbocycles. The second-order valence-corrected chi connectivity index (χ2v) is 6.74. The molecule has 0 bridgehead atoms. The summed E-state index contributed by atoms with van der Waals surface area (Å²) in [7, 11) is 1.78. The van der Waals surface area contributed by atoms with Crippen LogP contribution < -0.4 is 10.6 Å². The van der Waals surface area contributed by atoms with E-state index in [9.17, 15) is 18.0 Å². The highest BCUT2D eigenvalue weighted by molar-refractivity contribution is 5.85. The van der Waals surface area contributed by atoms with E-state index in [0.717, 1.165) is 31.7 Å². The minimum absolute atomic E-state index is 0. The first-order valence-electron chi connectivity index (χ1n) is 8.38. The zero-order chi connectivity index (χ0) is 17.8. The molecule has 1 aliphatic rings. The minimum atomic E-state index is -4.35. The fourth-order valence-corrected chi connectivity index (χ4v) is 3.47. The van der Waals surface area contributed by atoms with E-state index in [1.54, 1.807) is 13.1 Å². The quantitative estimate of drug-likeness (QED) is 0.788. The van der Waals surface area contributed by atoms with Crippen LogP contribution in [-0.4, -0.2) is 26.0 Å². The molecule has 7 heteroatoms. The molecule has 1 fully saturated rings. The molecule has 2 N–H and O–H groups in total. The van der Waals surface area contributed by atoms with E-state index in [-0.39, 0.29) is 24.2 Å². The second kappa shape index (κ2) is 8.90. The topological polar surface area (TPSA) is 41.1 Å². The lowest BCUT2D eigenvalue weighted by Gasteiger charge is -2.31. The first-order chi connectivity index (χ1) is 11.3. The highest BCUT2D eigenvalue weighted by Crippen LogP contribution is 2.42. The summed E-state index contributed by atoms with van der Waals surface area (Å²) in [5, 5.41) is 5.90. The van der Waals surface area contributed by atoms with Crippen LogP contribution in [0.5, 0.6) is 0 Å². The molecule has 2 rings (SSSR count). The van der Waals surface area contributed by atoms with Crippen LogP contribution in [-0.2, 0) is 16.4 Å². The number of hydrogen-bond donors (Lipinski definition) is 2. The van der Waals surface area contributed by atoms with Crippen molar-refractivity contribution in [3.8, 4) is 0 Å². The van der Waals surface area contributed by atoms with Gasteiger partial charge in [0.25, 0.3) is 0 Å². The van der Waals surface area contributed by atoms with Crippen LogP contribution in [0, 0.1) is 5.92 Å². The van der Waals surface area contributed by atoms with Crippen LogP contribution in [0.2, 0.25) is 0 Å². The van der Waals surface area contributed by atoms with E-state index in [2.05, 4.69) is 10.6 Å². The van der Waals surface area contributed by atoms with Crippen molar-refractivity contribution in [2.75, 3.05) is 20.1 Å². The lowest BCUT2D eigenvalue weighted by Crippen LogP contribution is -2.42. The molecule has 142 valence electrons. The van der Waals surface area contributed by atoms with Gasteiger partial charge in [-0.05, 0) is 31.5 Å². The Morgan fingerprint density at radius 1 is 1.28 bits per heavy atom. The second-order valence-electron chi connectivity index (χ2n) is 6.74. The monoisotopic (exact) mass is 378 g/mol. The van der Waals surface area contributed by atoms with Crippen molar-refractivity contribution < 1.29 is 18.0 Å². The average molecular weight is 379 g/mol. The Bertz CT molecular complexity index is 572. The van der Waals surface area contributed by atoms with Crippen molar-refractivity contribution in [1.82, 2.24) is 10.6 Å². The van der Waals surface area contributed by atoms with Gasteiger partial charge in [0.15, 0.2) is 0 Å². The van der Waals surface area contributed by atoms with Gasteiger partial charge in [-0.25, -0.2) is 0 Å². The van der Waals surface area contributed by atoms with Gasteiger partial charge in [-0.15, -0.1) is 12.4 Å². The molecule has 0 spiro atoms. The molecule has 1 aromatic rings. The highest BCUT2D eigenvalue weighted by Gasteiger charge is 2.38. The maximum atomic E-state index is 13.0. The van der Waals surface area contributed by atoms with Gasteiger partial charge in [-0.1, -0.05) is 38.0 Å². The van der Waals surface area contributed by atoms with Crippen molar-refractivity contribution in [1.29, 1.82) is 0 Å². The van der Waals surface area contributed by atoms with Gasteiger partial charge in [0.05, 0.1) is 5.56 Å². The van der Waals surface area contributed by atoms with Gasteiger partial charge < -0.3 is 10.6 Å². The Balaban J connectivity index is 0.00000312. The average Bonchev–Trinajstić information content (AvgIpc) is 3.02. The first kappa shape index (κ1) is 21.8. The first-order valence-corrected chi connectivity index (χ1v) is 8.38. The predicted molar refractivity (Wildman–Crippen MR) is 94.9 cm³/mol. The van der Waals surface area contributed by atoms with E-state index in [4.69, 9.17) is 0 Å². The lowest BCUT2D eigenvalue weighted by molar-refractivity contribution is -0.137. The number of hydrogen-bond acceptors (Lipinski definition) is 2. The Labute approximate surface area is 153 Å². The normalized spacial score (nSPS) is 17.6. The molecule has 0 aliphatic heterocycles. The summed E-state index contributed by atoms with van der Waals surface area (Å²) in [6.45, 7) is 2.79. The number of carbonyl (C=O) groups excluding carboxylic acids is 1. The van der Waals surface area contributed by atoms with E-state index in [1.165, 1.54) is 12.1 Å². The van der Waals surface area contributed by atoms with E-state index in [1.807, 2.05) is 6.92 Å². The predicted octanol–water partition coefficient (Wildman–Crippen LogP) is 3.91. The van der Waals surface area contributed by atoms with Crippen molar-refractivity contribution in [2.45, 2.75) is 44.2 Å². The van der Waals surface area contributed by atoms with E-state index in [0.29, 0.717) is 18.7 Å². The molecule has 3 nitrogen and oxygen atoms in total. The molecular formula is C18H26ClF3N2O. The zero-order valence-electron chi connectivity index (χ0n) is 14.6. The number of nitrogens with one attached hydrogen (secondary N) is 2.